The van der Waals surface area contributed by atoms with Crippen LogP contribution in [0.4, 0.5) is 5.69 Å². The number of carbonyl (C=O) groups is 1. The Labute approximate surface area is 115 Å². The lowest BCUT2D eigenvalue weighted by atomic mass is 10.2. The van der Waals surface area contributed by atoms with Gasteiger partial charge in [0, 0.05) is 0 Å². The summed E-state index contributed by atoms with van der Waals surface area (Å²) in [5.41, 5.74) is 1.64. The number of amides is 1. The third-order valence-corrected chi connectivity index (χ3v) is 3.03. The van der Waals surface area contributed by atoms with E-state index in [2.05, 4.69) is 10.4 Å². The first-order valence-corrected chi connectivity index (χ1v) is 5.96. The molecule has 0 fully saturated rings. The summed E-state index contributed by atoms with van der Waals surface area (Å²) in [4.78, 5) is 11.9. The van der Waals surface area contributed by atoms with E-state index in [1.807, 2.05) is 6.07 Å². The molecule has 1 aromatic carbocycles. The lowest BCUT2D eigenvalue weighted by Crippen LogP contribution is -2.20. The molecule has 96 valence electrons. The highest BCUT2D eigenvalue weighted by Gasteiger charge is 2.10. The van der Waals surface area contributed by atoms with E-state index in [9.17, 15) is 4.79 Å². The molecule has 0 saturated carbocycles. The van der Waals surface area contributed by atoms with E-state index in [0.29, 0.717) is 16.3 Å². The lowest BCUT2D eigenvalue weighted by Gasteiger charge is -2.08. The molecule has 1 amide bonds. The van der Waals surface area contributed by atoms with Crippen molar-refractivity contribution in [3.8, 4) is 6.07 Å². The fourth-order valence-corrected chi connectivity index (χ4v) is 1.74. The Morgan fingerprint density at radius 3 is 2.89 bits per heavy atom. The molecular weight excluding hydrogens is 264 g/mol. The number of rotatable bonds is 3. The van der Waals surface area contributed by atoms with Crippen LogP contribution in [0.1, 0.15) is 11.3 Å². The predicted octanol–water partition coefficient (Wildman–Crippen LogP) is 2.36. The third-order valence-electron chi connectivity index (χ3n) is 2.66. The minimum atomic E-state index is -0.259. The number of nitriles is 1. The number of nitrogens with one attached hydrogen (secondary N) is 1. The van der Waals surface area contributed by atoms with Gasteiger partial charge in [0.05, 0.1) is 28.2 Å². The predicted molar refractivity (Wildman–Crippen MR) is 71.8 cm³/mol. The average Bonchev–Trinajstić information content (AvgIpc) is 2.71. The highest BCUT2D eigenvalue weighted by Crippen LogP contribution is 2.15. The van der Waals surface area contributed by atoms with E-state index in [0.717, 1.165) is 5.69 Å². The Bertz CT molecular complexity index is 657. The van der Waals surface area contributed by atoms with E-state index in [1.165, 1.54) is 10.9 Å². The van der Waals surface area contributed by atoms with Crippen LogP contribution >= 0.6 is 11.6 Å². The van der Waals surface area contributed by atoms with E-state index in [4.69, 9.17) is 16.9 Å². The molecule has 0 saturated heterocycles. The van der Waals surface area contributed by atoms with Crippen molar-refractivity contribution < 1.29 is 4.79 Å². The molecule has 0 aliphatic rings. The maximum Gasteiger partial charge on any atom is 0.246 e. The van der Waals surface area contributed by atoms with Crippen LogP contribution in [-0.2, 0) is 11.3 Å². The molecule has 0 unspecified atom stereocenters. The summed E-state index contributed by atoms with van der Waals surface area (Å²) in [5.74, 6) is -0.259. The normalized spacial score (nSPS) is 9.95. The molecule has 6 heteroatoms. The van der Waals surface area contributed by atoms with E-state index >= 15 is 0 Å². The van der Waals surface area contributed by atoms with Crippen LogP contribution in [0.25, 0.3) is 0 Å². The summed E-state index contributed by atoms with van der Waals surface area (Å²) >= 11 is 5.86. The minimum Gasteiger partial charge on any atom is -0.323 e. The van der Waals surface area contributed by atoms with Gasteiger partial charge < -0.3 is 5.32 Å². The summed E-state index contributed by atoms with van der Waals surface area (Å²) in [7, 11) is 0. The molecular formula is C13H11ClN4O. The molecule has 0 aliphatic heterocycles. The van der Waals surface area contributed by atoms with Crippen molar-refractivity contribution in [1.82, 2.24) is 9.78 Å². The highest BCUT2D eigenvalue weighted by molar-refractivity contribution is 6.31. The average molecular weight is 275 g/mol. The minimum absolute atomic E-state index is 0.0539. The van der Waals surface area contributed by atoms with Crippen LogP contribution in [0.5, 0.6) is 0 Å². The van der Waals surface area contributed by atoms with Crippen LogP contribution < -0.4 is 5.32 Å². The van der Waals surface area contributed by atoms with Gasteiger partial charge in [0.15, 0.2) is 0 Å². The Hall–Kier alpha value is -2.32. The van der Waals surface area contributed by atoms with Crippen molar-refractivity contribution in [3.63, 3.8) is 0 Å². The maximum atomic E-state index is 11.9. The number of nitrogens with zero attached hydrogens (tertiary/aromatic N) is 3. The number of aromatic nitrogens is 2. The van der Waals surface area contributed by atoms with E-state index in [1.54, 1.807) is 31.2 Å². The molecule has 0 bridgehead atoms. The molecule has 0 atom stereocenters. The Morgan fingerprint density at radius 1 is 1.53 bits per heavy atom. The van der Waals surface area contributed by atoms with Gasteiger partial charge in [0.2, 0.25) is 5.91 Å². The zero-order valence-electron chi connectivity index (χ0n) is 10.2. The number of hydrogen-bond donors (Lipinski definition) is 1. The van der Waals surface area contributed by atoms with Gasteiger partial charge in [-0.05, 0) is 19.1 Å². The van der Waals surface area contributed by atoms with Crippen LogP contribution in [-0.4, -0.2) is 15.7 Å². The fourth-order valence-electron chi connectivity index (χ4n) is 1.60. The van der Waals surface area contributed by atoms with Crippen molar-refractivity contribution >= 4 is 23.2 Å². The standard InChI is InChI=1S/C13H11ClN4O/c1-9-11(14)7-16-18(9)8-13(19)17-12-5-3-2-4-10(12)6-15/h2-5,7H,8H2,1H3,(H,17,19). The Kier molecular flexibility index (Phi) is 3.83. The van der Waals surface area contributed by atoms with Gasteiger partial charge >= 0.3 is 0 Å². The Morgan fingerprint density at radius 2 is 2.26 bits per heavy atom. The first kappa shape index (κ1) is 13.1. The summed E-state index contributed by atoms with van der Waals surface area (Å²) in [6, 6.07) is 8.84. The third kappa shape index (κ3) is 2.92. The molecule has 2 rings (SSSR count). The topological polar surface area (TPSA) is 70.7 Å². The summed E-state index contributed by atoms with van der Waals surface area (Å²) in [6.45, 7) is 1.84. The van der Waals surface area contributed by atoms with Gasteiger partial charge in [0.1, 0.15) is 12.6 Å². The second kappa shape index (κ2) is 5.55. The van der Waals surface area contributed by atoms with Crippen LogP contribution in [0, 0.1) is 18.3 Å². The van der Waals surface area contributed by atoms with Crippen molar-refractivity contribution in [3.05, 3.63) is 46.7 Å². The SMILES string of the molecule is Cc1c(Cl)cnn1CC(=O)Nc1ccccc1C#N. The fraction of sp³-hybridized carbons (Fsp3) is 0.154. The zero-order chi connectivity index (χ0) is 13.8. The van der Waals surface area contributed by atoms with E-state index in [-0.39, 0.29) is 12.5 Å². The van der Waals surface area contributed by atoms with Gasteiger partial charge in [-0.25, -0.2) is 0 Å². The molecule has 0 radical (unpaired) electrons. The van der Waals surface area contributed by atoms with E-state index < -0.39 is 0 Å². The maximum absolute atomic E-state index is 11.9. The van der Waals surface area contributed by atoms with Crippen LogP contribution in [0.3, 0.4) is 0 Å². The first-order valence-electron chi connectivity index (χ1n) is 5.58. The number of anilines is 1. The molecule has 0 spiro atoms. The first-order chi connectivity index (χ1) is 9.11. The van der Waals surface area contributed by atoms with Crippen LogP contribution in [0.2, 0.25) is 5.02 Å². The molecule has 0 aliphatic carbocycles. The van der Waals surface area contributed by atoms with Gasteiger partial charge in [-0.15, -0.1) is 0 Å². The van der Waals surface area contributed by atoms with Gasteiger partial charge in [-0.1, -0.05) is 23.7 Å². The number of para-hydroxylation sites is 1. The van der Waals surface area contributed by atoms with Crippen molar-refractivity contribution in [2.24, 2.45) is 0 Å². The lowest BCUT2D eigenvalue weighted by molar-refractivity contribution is -0.116. The molecule has 1 heterocycles. The molecule has 19 heavy (non-hydrogen) atoms. The quantitative estimate of drug-likeness (QED) is 0.934. The summed E-state index contributed by atoms with van der Waals surface area (Å²) < 4.78 is 1.51. The molecule has 1 aromatic heterocycles. The second-order valence-electron chi connectivity index (χ2n) is 3.94. The van der Waals surface area contributed by atoms with Crippen molar-refractivity contribution in [2.45, 2.75) is 13.5 Å². The van der Waals surface area contributed by atoms with Gasteiger partial charge in [0.25, 0.3) is 0 Å². The second-order valence-corrected chi connectivity index (χ2v) is 4.35. The number of halogens is 1. The summed E-state index contributed by atoms with van der Waals surface area (Å²) in [5, 5.41) is 16.1. The van der Waals surface area contributed by atoms with Gasteiger partial charge in [-0.2, -0.15) is 10.4 Å². The smallest absolute Gasteiger partial charge is 0.246 e. The number of carbonyl (C=O) groups excluding carboxylic acids is 1. The summed E-state index contributed by atoms with van der Waals surface area (Å²) in [6.07, 6.45) is 1.49. The van der Waals surface area contributed by atoms with Gasteiger partial charge in [-0.3, -0.25) is 9.48 Å². The van der Waals surface area contributed by atoms with Crippen LogP contribution in [0.15, 0.2) is 30.5 Å². The highest BCUT2D eigenvalue weighted by atomic mass is 35.5. The zero-order valence-corrected chi connectivity index (χ0v) is 11.0. The van der Waals surface area contributed by atoms with Crippen molar-refractivity contribution in [1.29, 1.82) is 5.26 Å². The monoisotopic (exact) mass is 274 g/mol. The number of benzene rings is 1. The largest absolute Gasteiger partial charge is 0.323 e. The Balaban J connectivity index is 2.10. The molecule has 2 aromatic rings. The van der Waals surface area contributed by atoms with Crippen molar-refractivity contribution in [2.75, 3.05) is 5.32 Å². The molecule has 1 N–H and O–H groups in total. The number of hydrogen-bond acceptors (Lipinski definition) is 3. The molecule has 5 nitrogen and oxygen atoms in total.